The summed E-state index contributed by atoms with van der Waals surface area (Å²) in [6, 6.07) is 5.95. The SMILES string of the molecule is COCCCC(NN)c1cccc2c1OCCO2. The highest BCUT2D eigenvalue weighted by Crippen LogP contribution is 2.37. The Kier molecular flexibility index (Phi) is 4.81. The number of hydrogen-bond acceptors (Lipinski definition) is 5. The molecule has 0 radical (unpaired) electrons. The molecule has 0 saturated heterocycles. The minimum absolute atomic E-state index is 0.0526. The van der Waals surface area contributed by atoms with Gasteiger partial charge in [0.15, 0.2) is 11.5 Å². The minimum atomic E-state index is 0.0526. The number of para-hydroxylation sites is 1. The molecule has 0 fully saturated rings. The summed E-state index contributed by atoms with van der Waals surface area (Å²) >= 11 is 0. The number of nitrogens with two attached hydrogens (primary N) is 1. The molecule has 0 bridgehead atoms. The van der Waals surface area contributed by atoms with Gasteiger partial charge in [-0.2, -0.15) is 0 Å². The van der Waals surface area contributed by atoms with Gasteiger partial charge in [0.1, 0.15) is 13.2 Å². The van der Waals surface area contributed by atoms with E-state index in [1.807, 2.05) is 18.2 Å². The maximum Gasteiger partial charge on any atom is 0.166 e. The molecule has 0 aromatic heterocycles. The van der Waals surface area contributed by atoms with Gasteiger partial charge in [-0.15, -0.1) is 0 Å². The average Bonchev–Trinajstić information content (AvgIpc) is 2.43. The van der Waals surface area contributed by atoms with Gasteiger partial charge in [0.2, 0.25) is 0 Å². The summed E-state index contributed by atoms with van der Waals surface area (Å²) in [5.41, 5.74) is 3.88. The molecule has 1 aromatic rings. The van der Waals surface area contributed by atoms with Crippen molar-refractivity contribution in [3.05, 3.63) is 23.8 Å². The molecule has 1 aliphatic rings. The first-order chi connectivity index (χ1) is 8.86. The van der Waals surface area contributed by atoms with Crippen molar-refractivity contribution in [2.45, 2.75) is 18.9 Å². The van der Waals surface area contributed by atoms with Crippen LogP contribution in [0.3, 0.4) is 0 Å². The second kappa shape index (κ2) is 6.58. The van der Waals surface area contributed by atoms with Crippen LogP contribution in [0.2, 0.25) is 0 Å². The van der Waals surface area contributed by atoms with Crippen LogP contribution in [0, 0.1) is 0 Å². The molecule has 5 nitrogen and oxygen atoms in total. The predicted molar refractivity (Wildman–Crippen MR) is 68.6 cm³/mol. The van der Waals surface area contributed by atoms with Crippen LogP contribution in [0.4, 0.5) is 0 Å². The number of methoxy groups -OCH3 is 1. The van der Waals surface area contributed by atoms with E-state index < -0.39 is 0 Å². The zero-order chi connectivity index (χ0) is 12.8. The Morgan fingerprint density at radius 2 is 2.22 bits per heavy atom. The summed E-state index contributed by atoms with van der Waals surface area (Å²) < 4.78 is 16.3. The van der Waals surface area contributed by atoms with Crippen LogP contribution >= 0.6 is 0 Å². The smallest absolute Gasteiger partial charge is 0.166 e. The third kappa shape index (κ3) is 2.93. The number of fused-ring (bicyclic) bond motifs is 1. The lowest BCUT2D eigenvalue weighted by Gasteiger charge is -2.25. The Hall–Kier alpha value is -1.30. The molecule has 1 aliphatic heterocycles. The van der Waals surface area contributed by atoms with Gasteiger partial charge in [-0.1, -0.05) is 12.1 Å². The molecule has 5 heteroatoms. The second-order valence-corrected chi connectivity index (χ2v) is 4.23. The van der Waals surface area contributed by atoms with E-state index in [9.17, 15) is 0 Å². The second-order valence-electron chi connectivity index (χ2n) is 4.23. The first-order valence-corrected chi connectivity index (χ1v) is 6.20. The molecule has 1 heterocycles. The van der Waals surface area contributed by atoms with Gasteiger partial charge in [-0.3, -0.25) is 11.3 Å². The number of hydrogen-bond donors (Lipinski definition) is 2. The lowest BCUT2D eigenvalue weighted by Crippen LogP contribution is -2.29. The molecule has 1 atom stereocenters. The molecule has 100 valence electrons. The maximum atomic E-state index is 5.69. The summed E-state index contributed by atoms with van der Waals surface area (Å²) in [5.74, 6) is 7.24. The fraction of sp³-hybridized carbons (Fsp3) is 0.538. The van der Waals surface area contributed by atoms with E-state index in [0.29, 0.717) is 13.2 Å². The third-order valence-electron chi connectivity index (χ3n) is 3.01. The Balaban J connectivity index is 2.14. The van der Waals surface area contributed by atoms with Crippen molar-refractivity contribution in [1.29, 1.82) is 0 Å². The Labute approximate surface area is 107 Å². The van der Waals surface area contributed by atoms with Gasteiger partial charge in [0, 0.05) is 25.3 Å². The highest BCUT2D eigenvalue weighted by molar-refractivity contribution is 5.48. The largest absolute Gasteiger partial charge is 0.486 e. The van der Waals surface area contributed by atoms with E-state index in [0.717, 1.165) is 36.5 Å². The first kappa shape index (κ1) is 13.1. The zero-order valence-electron chi connectivity index (χ0n) is 10.6. The van der Waals surface area contributed by atoms with Gasteiger partial charge in [0.05, 0.1) is 0 Å². The predicted octanol–water partition coefficient (Wildman–Crippen LogP) is 1.39. The number of nitrogens with one attached hydrogen (secondary N) is 1. The van der Waals surface area contributed by atoms with Gasteiger partial charge >= 0.3 is 0 Å². The van der Waals surface area contributed by atoms with Crippen LogP contribution in [0.25, 0.3) is 0 Å². The minimum Gasteiger partial charge on any atom is -0.486 e. The summed E-state index contributed by atoms with van der Waals surface area (Å²) in [7, 11) is 1.70. The van der Waals surface area contributed by atoms with E-state index in [4.69, 9.17) is 20.1 Å². The Bertz CT molecular complexity index is 384. The van der Waals surface area contributed by atoms with Crippen molar-refractivity contribution in [3.8, 4) is 11.5 Å². The maximum absolute atomic E-state index is 5.69. The molecule has 18 heavy (non-hydrogen) atoms. The number of ether oxygens (including phenoxy) is 3. The molecular weight excluding hydrogens is 232 g/mol. The quantitative estimate of drug-likeness (QED) is 0.455. The van der Waals surface area contributed by atoms with Crippen molar-refractivity contribution in [2.24, 2.45) is 5.84 Å². The van der Waals surface area contributed by atoms with Gasteiger partial charge in [0.25, 0.3) is 0 Å². The lowest BCUT2D eigenvalue weighted by atomic mass is 10.0. The van der Waals surface area contributed by atoms with Crippen LogP contribution in [-0.4, -0.2) is 26.9 Å². The first-order valence-electron chi connectivity index (χ1n) is 6.20. The van der Waals surface area contributed by atoms with E-state index in [1.165, 1.54) is 0 Å². The number of rotatable bonds is 6. The van der Waals surface area contributed by atoms with Crippen LogP contribution in [-0.2, 0) is 4.74 Å². The number of benzene rings is 1. The van der Waals surface area contributed by atoms with Crippen molar-refractivity contribution >= 4 is 0 Å². The van der Waals surface area contributed by atoms with Gasteiger partial charge < -0.3 is 14.2 Å². The van der Waals surface area contributed by atoms with E-state index in [2.05, 4.69) is 5.43 Å². The van der Waals surface area contributed by atoms with Crippen molar-refractivity contribution < 1.29 is 14.2 Å². The Morgan fingerprint density at radius 1 is 1.39 bits per heavy atom. The molecule has 1 aromatic carbocycles. The zero-order valence-corrected chi connectivity index (χ0v) is 10.6. The molecule has 0 spiro atoms. The van der Waals surface area contributed by atoms with E-state index in [-0.39, 0.29) is 6.04 Å². The Morgan fingerprint density at radius 3 is 3.00 bits per heavy atom. The monoisotopic (exact) mass is 252 g/mol. The highest BCUT2D eigenvalue weighted by Gasteiger charge is 2.20. The number of hydrazine groups is 1. The topological polar surface area (TPSA) is 65.7 Å². The highest BCUT2D eigenvalue weighted by atomic mass is 16.6. The third-order valence-corrected chi connectivity index (χ3v) is 3.01. The van der Waals surface area contributed by atoms with Crippen molar-refractivity contribution in [3.63, 3.8) is 0 Å². The van der Waals surface area contributed by atoms with E-state index in [1.54, 1.807) is 7.11 Å². The normalized spacial score (nSPS) is 15.4. The summed E-state index contributed by atoms with van der Waals surface area (Å²) in [6.45, 7) is 1.91. The van der Waals surface area contributed by atoms with Crippen LogP contribution in [0.5, 0.6) is 11.5 Å². The fourth-order valence-electron chi connectivity index (χ4n) is 2.13. The lowest BCUT2D eigenvalue weighted by molar-refractivity contribution is 0.167. The standard InChI is InChI=1S/C13H20N2O3/c1-16-7-3-5-11(15-14)10-4-2-6-12-13(10)18-9-8-17-12/h2,4,6,11,15H,3,5,7-9,14H2,1H3. The van der Waals surface area contributed by atoms with Crippen LogP contribution < -0.4 is 20.7 Å². The molecule has 0 saturated carbocycles. The van der Waals surface area contributed by atoms with Crippen LogP contribution in [0.15, 0.2) is 18.2 Å². The molecule has 0 aliphatic carbocycles. The van der Waals surface area contributed by atoms with Crippen molar-refractivity contribution in [2.75, 3.05) is 26.9 Å². The fourth-order valence-corrected chi connectivity index (χ4v) is 2.13. The van der Waals surface area contributed by atoms with Gasteiger partial charge in [-0.05, 0) is 18.9 Å². The van der Waals surface area contributed by atoms with Crippen molar-refractivity contribution in [1.82, 2.24) is 5.43 Å². The summed E-state index contributed by atoms with van der Waals surface area (Å²) in [4.78, 5) is 0. The average molecular weight is 252 g/mol. The van der Waals surface area contributed by atoms with Crippen LogP contribution in [0.1, 0.15) is 24.4 Å². The summed E-state index contributed by atoms with van der Waals surface area (Å²) in [5, 5.41) is 0. The molecule has 2 rings (SSSR count). The van der Waals surface area contributed by atoms with Gasteiger partial charge in [-0.25, -0.2) is 0 Å². The summed E-state index contributed by atoms with van der Waals surface area (Å²) in [6.07, 6.45) is 1.83. The molecule has 1 unspecified atom stereocenters. The van der Waals surface area contributed by atoms with E-state index >= 15 is 0 Å². The molecule has 0 amide bonds. The molecular formula is C13H20N2O3. The molecule has 3 N–H and O–H groups in total.